The lowest BCUT2D eigenvalue weighted by Gasteiger charge is -1.95. The third-order valence-electron chi connectivity index (χ3n) is 2.14. The van der Waals surface area contributed by atoms with Gasteiger partial charge in [0.1, 0.15) is 0 Å². The second kappa shape index (κ2) is 1.48. The first-order valence-corrected chi connectivity index (χ1v) is 3.15. The molecule has 0 aromatic carbocycles. The molecule has 50 valence electrons. The second-order valence-electron chi connectivity index (χ2n) is 2.65. The van der Waals surface area contributed by atoms with Crippen LogP contribution in [0.5, 0.6) is 0 Å². The summed E-state index contributed by atoms with van der Waals surface area (Å²) in [6.07, 6.45) is 1.02. The predicted molar refractivity (Wildman–Crippen MR) is 29.0 cm³/mol. The van der Waals surface area contributed by atoms with Crippen LogP contribution >= 0.6 is 0 Å². The van der Waals surface area contributed by atoms with Gasteiger partial charge in [0.05, 0.1) is 12.0 Å². The summed E-state index contributed by atoms with van der Waals surface area (Å²) in [6.45, 7) is 0.763. The smallest absolute Gasteiger partial charge is 0.309 e. The first kappa shape index (κ1) is 5.23. The highest BCUT2D eigenvalue weighted by atomic mass is 16.5. The van der Waals surface area contributed by atoms with E-state index in [9.17, 15) is 4.79 Å². The largest absolute Gasteiger partial charge is 0.481 e. The summed E-state index contributed by atoms with van der Waals surface area (Å²) in [4.78, 5) is 10.3. The summed E-state index contributed by atoms with van der Waals surface area (Å²) in [5.41, 5.74) is 0. The third kappa shape index (κ3) is 0.580. The van der Waals surface area contributed by atoms with Crippen LogP contribution in [0.2, 0.25) is 0 Å². The zero-order chi connectivity index (χ0) is 6.43. The lowest BCUT2D eigenvalue weighted by molar-refractivity contribution is -0.140. The highest BCUT2D eigenvalue weighted by Crippen LogP contribution is 2.48. The van der Waals surface area contributed by atoms with Crippen molar-refractivity contribution < 1.29 is 14.6 Å². The number of hydrogen-bond donors (Lipinski definition) is 1. The minimum absolute atomic E-state index is 0.0718. The summed E-state index contributed by atoms with van der Waals surface area (Å²) in [5.74, 6) is -0.508. The van der Waals surface area contributed by atoms with Crippen molar-refractivity contribution in [2.24, 2.45) is 11.8 Å². The van der Waals surface area contributed by atoms with E-state index in [0.29, 0.717) is 5.92 Å². The Morgan fingerprint density at radius 1 is 1.67 bits per heavy atom. The Kier molecular flexibility index (Phi) is 0.858. The van der Waals surface area contributed by atoms with E-state index in [1.165, 1.54) is 0 Å². The molecule has 2 fully saturated rings. The van der Waals surface area contributed by atoms with Gasteiger partial charge in [-0.3, -0.25) is 4.79 Å². The number of hydrogen-bond acceptors (Lipinski definition) is 2. The first-order chi connectivity index (χ1) is 4.30. The maximum Gasteiger partial charge on any atom is 0.309 e. The standard InChI is InChI=1S/C6H8O3/c7-6(8)4-3-1-2-9-5(3)4/h3-5H,1-2H2,(H,7,8)/t3-,4-,5-/m1/s1. The van der Waals surface area contributed by atoms with Gasteiger partial charge in [0, 0.05) is 12.5 Å². The van der Waals surface area contributed by atoms with Crippen molar-refractivity contribution in [1.82, 2.24) is 0 Å². The molecule has 1 heterocycles. The average Bonchev–Trinajstić information content (AvgIpc) is 2.30. The molecule has 1 aliphatic heterocycles. The molecular formula is C6H8O3. The Hall–Kier alpha value is -0.570. The summed E-state index contributed by atoms with van der Waals surface area (Å²) >= 11 is 0. The number of carboxylic acids is 1. The van der Waals surface area contributed by atoms with Crippen molar-refractivity contribution in [3.63, 3.8) is 0 Å². The lowest BCUT2D eigenvalue weighted by Crippen LogP contribution is -2.07. The van der Waals surface area contributed by atoms with Crippen molar-refractivity contribution in [2.75, 3.05) is 6.61 Å². The van der Waals surface area contributed by atoms with Crippen LogP contribution in [-0.2, 0) is 9.53 Å². The van der Waals surface area contributed by atoms with Crippen LogP contribution in [-0.4, -0.2) is 23.8 Å². The molecule has 0 unspecified atom stereocenters. The van der Waals surface area contributed by atoms with Crippen LogP contribution in [0.25, 0.3) is 0 Å². The van der Waals surface area contributed by atoms with Gasteiger partial charge in [0.15, 0.2) is 0 Å². The zero-order valence-electron chi connectivity index (χ0n) is 4.91. The van der Waals surface area contributed by atoms with E-state index in [4.69, 9.17) is 9.84 Å². The number of ether oxygens (including phenoxy) is 1. The molecule has 9 heavy (non-hydrogen) atoms. The number of aliphatic carboxylic acids is 1. The highest BCUT2D eigenvalue weighted by molar-refractivity contribution is 5.75. The summed E-state index contributed by atoms with van der Waals surface area (Å²) < 4.78 is 5.12. The Labute approximate surface area is 52.6 Å². The van der Waals surface area contributed by atoms with Crippen molar-refractivity contribution in [3.8, 4) is 0 Å². The highest BCUT2D eigenvalue weighted by Gasteiger charge is 2.58. The molecule has 0 spiro atoms. The summed E-state index contributed by atoms with van der Waals surface area (Å²) in [7, 11) is 0. The molecule has 0 aromatic rings. The SMILES string of the molecule is O=C(O)[C@@H]1[C@H]2CCO[C@H]21. The fourth-order valence-electron chi connectivity index (χ4n) is 1.58. The zero-order valence-corrected chi connectivity index (χ0v) is 4.91. The molecule has 0 radical (unpaired) electrons. The maximum atomic E-state index is 10.3. The van der Waals surface area contributed by atoms with Gasteiger partial charge in [-0.25, -0.2) is 0 Å². The third-order valence-corrected chi connectivity index (χ3v) is 2.14. The molecule has 2 rings (SSSR count). The predicted octanol–water partition coefficient (Wildman–Crippen LogP) is 0.106. The van der Waals surface area contributed by atoms with E-state index < -0.39 is 5.97 Å². The van der Waals surface area contributed by atoms with Gasteiger partial charge in [0.25, 0.3) is 0 Å². The molecule has 2 aliphatic rings. The topological polar surface area (TPSA) is 46.5 Å². The van der Waals surface area contributed by atoms with Gasteiger partial charge in [0.2, 0.25) is 0 Å². The Morgan fingerprint density at radius 2 is 2.44 bits per heavy atom. The van der Waals surface area contributed by atoms with Crippen LogP contribution in [0.15, 0.2) is 0 Å². The molecule has 0 bridgehead atoms. The quantitative estimate of drug-likeness (QED) is 0.545. The number of fused-ring (bicyclic) bond motifs is 1. The van der Waals surface area contributed by atoms with Crippen molar-refractivity contribution in [1.29, 1.82) is 0 Å². The van der Waals surface area contributed by atoms with Crippen molar-refractivity contribution >= 4 is 5.97 Å². The fraction of sp³-hybridized carbons (Fsp3) is 0.833. The van der Waals surface area contributed by atoms with Crippen LogP contribution in [0.4, 0.5) is 0 Å². The molecular weight excluding hydrogens is 120 g/mol. The van der Waals surface area contributed by atoms with E-state index in [1.54, 1.807) is 0 Å². The molecule has 1 saturated heterocycles. The van der Waals surface area contributed by atoms with Gasteiger partial charge in [-0.05, 0) is 6.42 Å². The van der Waals surface area contributed by atoms with Crippen LogP contribution in [0.1, 0.15) is 6.42 Å². The van der Waals surface area contributed by atoms with E-state index in [1.807, 2.05) is 0 Å². The van der Waals surface area contributed by atoms with Gasteiger partial charge in [-0.1, -0.05) is 0 Å². The van der Waals surface area contributed by atoms with Crippen molar-refractivity contribution in [3.05, 3.63) is 0 Å². The monoisotopic (exact) mass is 128 g/mol. The number of carboxylic acid groups (broad SMARTS) is 1. The molecule has 3 nitrogen and oxygen atoms in total. The first-order valence-electron chi connectivity index (χ1n) is 3.15. The van der Waals surface area contributed by atoms with Gasteiger partial charge in [-0.2, -0.15) is 0 Å². The molecule has 3 atom stereocenters. The van der Waals surface area contributed by atoms with Gasteiger partial charge >= 0.3 is 5.97 Å². The Balaban J connectivity index is 2.02. The molecule has 0 amide bonds. The Bertz CT molecular complexity index is 144. The molecule has 3 heteroatoms. The molecule has 1 aliphatic carbocycles. The maximum absolute atomic E-state index is 10.3. The van der Waals surface area contributed by atoms with Crippen LogP contribution < -0.4 is 0 Å². The van der Waals surface area contributed by atoms with E-state index in [2.05, 4.69) is 0 Å². The number of carbonyl (C=O) groups is 1. The average molecular weight is 128 g/mol. The van der Waals surface area contributed by atoms with E-state index >= 15 is 0 Å². The lowest BCUT2D eigenvalue weighted by atomic mass is 10.2. The molecule has 0 aromatic heterocycles. The normalized spacial score (nSPS) is 46.4. The summed E-state index contributed by atoms with van der Waals surface area (Å²) in [6, 6.07) is 0. The van der Waals surface area contributed by atoms with E-state index in [-0.39, 0.29) is 12.0 Å². The Morgan fingerprint density at radius 3 is 2.78 bits per heavy atom. The van der Waals surface area contributed by atoms with Crippen molar-refractivity contribution in [2.45, 2.75) is 12.5 Å². The van der Waals surface area contributed by atoms with Crippen LogP contribution in [0, 0.1) is 11.8 Å². The minimum atomic E-state index is -0.690. The van der Waals surface area contributed by atoms with Gasteiger partial charge < -0.3 is 9.84 Å². The van der Waals surface area contributed by atoms with Crippen LogP contribution in [0.3, 0.4) is 0 Å². The van der Waals surface area contributed by atoms with E-state index in [0.717, 1.165) is 13.0 Å². The van der Waals surface area contributed by atoms with Gasteiger partial charge in [-0.15, -0.1) is 0 Å². The minimum Gasteiger partial charge on any atom is -0.481 e. The molecule has 1 saturated carbocycles. The second-order valence-corrected chi connectivity index (χ2v) is 2.65. The molecule has 1 N–H and O–H groups in total. The summed E-state index contributed by atoms with van der Waals surface area (Å²) in [5, 5.41) is 8.48. The fourth-order valence-corrected chi connectivity index (χ4v) is 1.58. The number of rotatable bonds is 1.